The number of amides is 2. The summed E-state index contributed by atoms with van der Waals surface area (Å²) in [6, 6.07) is 22.6. The van der Waals surface area contributed by atoms with Crippen LogP contribution in [0.3, 0.4) is 0 Å². The van der Waals surface area contributed by atoms with Crippen LogP contribution in [-0.4, -0.2) is 32.3 Å². The van der Waals surface area contributed by atoms with Crippen molar-refractivity contribution >= 4 is 45.5 Å². The molecule has 2 amide bonds. The molecule has 1 aliphatic heterocycles. The highest BCUT2D eigenvalue weighted by Crippen LogP contribution is 2.39. The third kappa shape index (κ3) is 4.69. The first-order valence-corrected chi connectivity index (χ1v) is 15.0. The fourth-order valence-electron chi connectivity index (χ4n) is 5.68. The molecule has 3 aromatic carbocycles. The van der Waals surface area contributed by atoms with Crippen LogP contribution in [0.2, 0.25) is 0 Å². The summed E-state index contributed by atoms with van der Waals surface area (Å²) in [7, 11) is 0. The van der Waals surface area contributed by atoms with E-state index in [9.17, 15) is 9.59 Å². The molecule has 1 aliphatic rings. The van der Waals surface area contributed by atoms with E-state index in [2.05, 4.69) is 29.4 Å². The van der Waals surface area contributed by atoms with Crippen LogP contribution in [0.5, 0.6) is 0 Å². The van der Waals surface area contributed by atoms with Crippen LogP contribution in [0, 0.1) is 20.8 Å². The summed E-state index contributed by atoms with van der Waals surface area (Å²) in [5.41, 5.74) is 13.1. The number of anilines is 1. The number of nitrogens with zero attached hydrogens (tertiary/aromatic N) is 4. The molecule has 0 saturated heterocycles. The van der Waals surface area contributed by atoms with E-state index in [1.807, 2.05) is 78.2 Å². The minimum atomic E-state index is -0.560. The fourth-order valence-corrected chi connectivity index (χ4v) is 6.90. The number of rotatable bonds is 6. The zero-order valence-corrected chi connectivity index (χ0v) is 25.1. The third-order valence-electron chi connectivity index (χ3n) is 7.97. The second kappa shape index (κ2) is 10.7. The zero-order valence-electron chi connectivity index (χ0n) is 24.3. The summed E-state index contributed by atoms with van der Waals surface area (Å²) in [6.07, 6.45) is 1.61. The van der Waals surface area contributed by atoms with Crippen molar-refractivity contribution in [2.45, 2.75) is 33.2 Å². The number of benzene rings is 3. The Morgan fingerprint density at radius 2 is 1.73 bits per heavy atom. The predicted octanol–water partition coefficient (Wildman–Crippen LogP) is 6.69. The van der Waals surface area contributed by atoms with Gasteiger partial charge in [-0.05, 0) is 61.7 Å². The summed E-state index contributed by atoms with van der Waals surface area (Å²) in [4.78, 5) is 31.4. The number of nitrogens with two attached hydrogens (primary N) is 1. The van der Waals surface area contributed by atoms with Crippen molar-refractivity contribution in [2.24, 2.45) is 10.7 Å². The molecule has 4 heterocycles. The molecular weight excluding hydrogens is 572 g/mol. The van der Waals surface area contributed by atoms with Gasteiger partial charge < -0.3 is 15.5 Å². The number of fused-ring (bicyclic) bond motifs is 4. The Balaban J connectivity index is 1.23. The van der Waals surface area contributed by atoms with Crippen LogP contribution in [0.1, 0.15) is 56.0 Å². The monoisotopic (exact) mass is 600 g/mol. The van der Waals surface area contributed by atoms with Gasteiger partial charge in [-0.1, -0.05) is 48.5 Å². The molecule has 7 rings (SSSR count). The van der Waals surface area contributed by atoms with Crippen molar-refractivity contribution in [1.29, 1.82) is 0 Å². The van der Waals surface area contributed by atoms with Crippen LogP contribution in [-0.2, 0) is 4.79 Å². The van der Waals surface area contributed by atoms with Crippen molar-refractivity contribution < 1.29 is 14.0 Å². The highest BCUT2D eigenvalue weighted by molar-refractivity contribution is 7.15. The van der Waals surface area contributed by atoms with Gasteiger partial charge in [0.25, 0.3) is 5.91 Å². The normalized spacial score (nSPS) is 14.1. The number of hydrogen-bond acceptors (Lipinski definition) is 7. The van der Waals surface area contributed by atoms with Gasteiger partial charge in [0.05, 0.1) is 24.0 Å². The molecule has 0 fully saturated rings. The molecular formula is C34H28N6O3S. The lowest BCUT2D eigenvalue weighted by molar-refractivity contribution is -0.118. The number of hydrogen-bond donors (Lipinski definition) is 2. The van der Waals surface area contributed by atoms with Crippen molar-refractivity contribution in [1.82, 2.24) is 14.8 Å². The Kier molecular flexibility index (Phi) is 6.70. The minimum Gasteiger partial charge on any atom is -0.464 e. The van der Waals surface area contributed by atoms with E-state index in [0.717, 1.165) is 49.7 Å². The molecule has 0 radical (unpaired) electrons. The quantitative estimate of drug-likeness (QED) is 0.220. The molecule has 0 spiro atoms. The van der Waals surface area contributed by atoms with Crippen LogP contribution < -0.4 is 11.1 Å². The Bertz CT molecular complexity index is 2120. The maximum atomic E-state index is 13.1. The Morgan fingerprint density at radius 3 is 2.52 bits per heavy atom. The van der Waals surface area contributed by atoms with Gasteiger partial charge in [-0.3, -0.25) is 19.1 Å². The van der Waals surface area contributed by atoms with E-state index in [-0.39, 0.29) is 12.3 Å². The number of aromatic nitrogens is 3. The predicted molar refractivity (Wildman–Crippen MR) is 172 cm³/mol. The number of primary amides is 1. The van der Waals surface area contributed by atoms with E-state index >= 15 is 0 Å². The number of carbonyl (C=O) groups is 2. The van der Waals surface area contributed by atoms with Gasteiger partial charge in [-0.2, -0.15) is 0 Å². The molecule has 1 atom stereocenters. The Hall–Kier alpha value is -5.35. The number of thiophene rings is 1. The highest BCUT2D eigenvalue weighted by atomic mass is 32.1. The molecule has 0 unspecified atom stereocenters. The molecule has 0 bridgehead atoms. The first-order valence-electron chi connectivity index (χ1n) is 14.2. The molecule has 218 valence electrons. The second-order valence-corrected chi connectivity index (χ2v) is 12.0. The molecule has 6 aromatic rings. The van der Waals surface area contributed by atoms with Gasteiger partial charge in [-0.15, -0.1) is 21.5 Å². The second-order valence-electron chi connectivity index (χ2n) is 10.8. The number of nitrogens with one attached hydrogen (secondary N) is 1. The highest BCUT2D eigenvalue weighted by Gasteiger charge is 2.32. The number of carbonyl (C=O) groups excluding carboxylic acids is 2. The number of aryl methyl sites for hydroxylation is 2. The zero-order chi connectivity index (χ0) is 30.5. The van der Waals surface area contributed by atoms with E-state index < -0.39 is 11.9 Å². The number of furan rings is 1. The molecule has 10 heteroatoms. The summed E-state index contributed by atoms with van der Waals surface area (Å²) < 4.78 is 7.55. The minimum absolute atomic E-state index is 0.0274. The van der Waals surface area contributed by atoms with Crippen molar-refractivity contribution in [2.75, 3.05) is 5.32 Å². The van der Waals surface area contributed by atoms with Crippen LogP contribution in [0.25, 0.3) is 27.1 Å². The average Bonchev–Trinajstić information content (AvgIpc) is 3.70. The largest absolute Gasteiger partial charge is 0.464 e. The number of para-hydroxylation sites is 1. The van der Waals surface area contributed by atoms with Gasteiger partial charge in [0.15, 0.2) is 5.82 Å². The molecule has 0 saturated carbocycles. The fraction of sp³-hybridized carbons (Fsp3) is 0.147. The van der Waals surface area contributed by atoms with Gasteiger partial charge in [0.2, 0.25) is 5.91 Å². The van der Waals surface area contributed by atoms with Crippen molar-refractivity contribution in [3.05, 3.63) is 118 Å². The van der Waals surface area contributed by atoms with E-state index in [1.165, 1.54) is 4.88 Å². The summed E-state index contributed by atoms with van der Waals surface area (Å²) in [6.45, 7) is 6.09. The van der Waals surface area contributed by atoms with Gasteiger partial charge in [0.1, 0.15) is 22.5 Å². The van der Waals surface area contributed by atoms with E-state index in [0.29, 0.717) is 22.7 Å². The SMILES string of the molecule is Cc1sc2c(c1C)C(c1ccc(-c3cccc(NC(=O)c4cccc5ccoc45)c3)cc1)=N[C@@H](CC(N)=O)c1nnc(C)n1-2. The Labute approximate surface area is 257 Å². The van der Waals surface area contributed by atoms with Gasteiger partial charge in [-0.25, -0.2) is 0 Å². The topological polar surface area (TPSA) is 128 Å². The third-order valence-corrected chi connectivity index (χ3v) is 9.16. The van der Waals surface area contributed by atoms with Gasteiger partial charge >= 0.3 is 0 Å². The maximum Gasteiger partial charge on any atom is 0.259 e. The smallest absolute Gasteiger partial charge is 0.259 e. The first kappa shape index (κ1) is 27.5. The molecule has 3 N–H and O–H groups in total. The molecule has 0 aliphatic carbocycles. The molecule has 44 heavy (non-hydrogen) atoms. The van der Waals surface area contributed by atoms with Crippen molar-refractivity contribution in [3.63, 3.8) is 0 Å². The van der Waals surface area contributed by atoms with Crippen LogP contribution in [0.15, 0.2) is 88.5 Å². The lowest BCUT2D eigenvalue weighted by Crippen LogP contribution is -2.17. The van der Waals surface area contributed by atoms with Gasteiger partial charge in [0, 0.05) is 27.1 Å². The summed E-state index contributed by atoms with van der Waals surface area (Å²) >= 11 is 1.66. The summed E-state index contributed by atoms with van der Waals surface area (Å²) in [5.74, 6) is 0.651. The Morgan fingerprint density at radius 1 is 0.955 bits per heavy atom. The molecule has 9 nitrogen and oxygen atoms in total. The van der Waals surface area contributed by atoms with E-state index in [4.69, 9.17) is 15.1 Å². The molecule has 3 aromatic heterocycles. The van der Waals surface area contributed by atoms with Crippen LogP contribution >= 0.6 is 11.3 Å². The first-order chi connectivity index (χ1) is 21.3. The lowest BCUT2D eigenvalue weighted by atomic mass is 9.97. The lowest BCUT2D eigenvalue weighted by Gasteiger charge is -2.12. The standard InChI is InChI=1S/C34H28N6O3S/c1-18-19(2)44-34-29(18)30(37-27(17-28(35)41)32-39-38-20(3)40(32)34)22-12-10-21(11-13-22)24-7-4-8-25(16-24)36-33(42)26-9-5-6-23-14-15-43-31(23)26/h4-16,27H,17H2,1-3H3,(H2,35,41)(H,36,42)/t27-/m0/s1. The summed E-state index contributed by atoms with van der Waals surface area (Å²) in [5, 5.41) is 13.6. The van der Waals surface area contributed by atoms with Crippen molar-refractivity contribution in [3.8, 4) is 16.1 Å². The van der Waals surface area contributed by atoms with E-state index in [1.54, 1.807) is 23.7 Å². The maximum absolute atomic E-state index is 13.1. The average molecular weight is 601 g/mol. The van der Waals surface area contributed by atoms with Crippen LogP contribution in [0.4, 0.5) is 5.69 Å². The number of aliphatic imine (C=N–C) groups is 1.